The van der Waals surface area contributed by atoms with Crippen LogP contribution in [0, 0.1) is 5.92 Å². The van der Waals surface area contributed by atoms with E-state index in [1.807, 2.05) is 0 Å². The fourth-order valence-electron chi connectivity index (χ4n) is 2.90. The summed E-state index contributed by atoms with van der Waals surface area (Å²) in [5.74, 6) is -1.83. The summed E-state index contributed by atoms with van der Waals surface area (Å²) in [6.07, 6.45) is 0.843. The van der Waals surface area contributed by atoms with Crippen molar-refractivity contribution in [3.8, 4) is 5.75 Å². The molecule has 1 fully saturated rings. The van der Waals surface area contributed by atoms with Crippen LogP contribution in [-0.2, 0) is 9.53 Å². The highest BCUT2D eigenvalue weighted by Crippen LogP contribution is 2.32. The molecule has 9 heteroatoms. The van der Waals surface area contributed by atoms with Gasteiger partial charge in [0, 0.05) is 19.2 Å². The first kappa shape index (κ1) is 21.8. The van der Waals surface area contributed by atoms with E-state index in [4.69, 9.17) is 21.1 Å². The number of nitrogens with one attached hydrogen (secondary N) is 1. The van der Waals surface area contributed by atoms with Crippen LogP contribution in [0.4, 0.5) is 10.5 Å². The number of benzene rings is 1. The van der Waals surface area contributed by atoms with E-state index in [0.29, 0.717) is 19.4 Å². The number of carbonyl (C=O) groups excluding carboxylic acids is 2. The highest BCUT2D eigenvalue weighted by Gasteiger charge is 2.31. The SMILES string of the molecule is COc1cc(NC(=O)C2CCCN(C(=O)OC(C)(C)C)C2)c(Cl)cc1C(=O)O. The van der Waals surface area contributed by atoms with Gasteiger partial charge in [-0.25, -0.2) is 9.59 Å². The second kappa shape index (κ2) is 8.68. The first-order chi connectivity index (χ1) is 13.0. The van der Waals surface area contributed by atoms with Gasteiger partial charge in [0.2, 0.25) is 5.91 Å². The molecular formula is C19H25ClN2O6. The van der Waals surface area contributed by atoms with Crippen LogP contribution in [0.5, 0.6) is 5.75 Å². The van der Waals surface area contributed by atoms with Crippen molar-refractivity contribution < 1.29 is 29.0 Å². The van der Waals surface area contributed by atoms with Gasteiger partial charge in [-0.2, -0.15) is 0 Å². The minimum Gasteiger partial charge on any atom is -0.496 e. The number of rotatable bonds is 4. The predicted molar refractivity (Wildman–Crippen MR) is 104 cm³/mol. The fourth-order valence-corrected chi connectivity index (χ4v) is 3.11. The maximum atomic E-state index is 12.7. The van der Waals surface area contributed by atoms with Gasteiger partial charge in [-0.3, -0.25) is 4.79 Å². The number of anilines is 1. The van der Waals surface area contributed by atoms with Gasteiger partial charge in [0.15, 0.2) is 0 Å². The Balaban J connectivity index is 2.10. The zero-order valence-electron chi connectivity index (χ0n) is 16.4. The summed E-state index contributed by atoms with van der Waals surface area (Å²) in [4.78, 5) is 37.7. The lowest BCUT2D eigenvalue weighted by atomic mass is 9.97. The number of methoxy groups -OCH3 is 1. The van der Waals surface area contributed by atoms with Gasteiger partial charge >= 0.3 is 12.1 Å². The molecule has 1 heterocycles. The van der Waals surface area contributed by atoms with Crippen molar-refractivity contribution in [3.05, 3.63) is 22.7 Å². The fraction of sp³-hybridized carbons (Fsp3) is 0.526. The van der Waals surface area contributed by atoms with Crippen molar-refractivity contribution in [1.82, 2.24) is 4.90 Å². The van der Waals surface area contributed by atoms with Crippen LogP contribution in [-0.4, -0.2) is 53.8 Å². The van der Waals surface area contributed by atoms with Crippen LogP contribution in [0.1, 0.15) is 44.0 Å². The molecule has 0 spiro atoms. The molecule has 0 aromatic heterocycles. The molecule has 1 aromatic carbocycles. The number of halogens is 1. The summed E-state index contributed by atoms with van der Waals surface area (Å²) in [6.45, 7) is 6.13. The number of carbonyl (C=O) groups is 3. The number of amides is 2. The van der Waals surface area contributed by atoms with Crippen LogP contribution in [0.25, 0.3) is 0 Å². The third-order valence-electron chi connectivity index (χ3n) is 4.22. The lowest BCUT2D eigenvalue weighted by Crippen LogP contribution is -2.45. The van der Waals surface area contributed by atoms with Crippen LogP contribution < -0.4 is 10.1 Å². The molecular weight excluding hydrogens is 388 g/mol. The number of nitrogens with zero attached hydrogens (tertiary/aromatic N) is 1. The third-order valence-corrected chi connectivity index (χ3v) is 4.53. The number of hydrogen-bond acceptors (Lipinski definition) is 5. The topological polar surface area (TPSA) is 105 Å². The van der Waals surface area contributed by atoms with E-state index in [9.17, 15) is 19.5 Å². The Morgan fingerprint density at radius 1 is 1.29 bits per heavy atom. The first-order valence-electron chi connectivity index (χ1n) is 8.91. The molecule has 1 aliphatic rings. The highest BCUT2D eigenvalue weighted by molar-refractivity contribution is 6.34. The second-order valence-electron chi connectivity index (χ2n) is 7.59. The third kappa shape index (κ3) is 5.51. The van der Waals surface area contributed by atoms with E-state index in [0.717, 1.165) is 0 Å². The molecule has 1 unspecified atom stereocenters. The normalized spacial score (nSPS) is 17.0. The largest absolute Gasteiger partial charge is 0.496 e. The van der Waals surface area contributed by atoms with E-state index in [1.54, 1.807) is 20.8 Å². The van der Waals surface area contributed by atoms with Crippen LogP contribution in [0.15, 0.2) is 12.1 Å². The monoisotopic (exact) mass is 412 g/mol. The lowest BCUT2D eigenvalue weighted by molar-refractivity contribution is -0.121. The Kier molecular flexibility index (Phi) is 6.77. The quantitative estimate of drug-likeness (QED) is 0.782. The molecule has 2 N–H and O–H groups in total. The van der Waals surface area contributed by atoms with E-state index in [-0.39, 0.29) is 34.5 Å². The molecule has 8 nitrogen and oxygen atoms in total. The molecule has 0 saturated carbocycles. The zero-order valence-corrected chi connectivity index (χ0v) is 17.1. The summed E-state index contributed by atoms with van der Waals surface area (Å²) in [5.41, 5.74) is -0.454. The summed E-state index contributed by atoms with van der Waals surface area (Å²) >= 11 is 6.12. The maximum Gasteiger partial charge on any atom is 0.410 e. The zero-order chi connectivity index (χ0) is 21.1. The van der Waals surface area contributed by atoms with Crippen molar-refractivity contribution in [2.24, 2.45) is 5.92 Å². The average molecular weight is 413 g/mol. The van der Waals surface area contributed by atoms with E-state index < -0.39 is 23.6 Å². The van der Waals surface area contributed by atoms with E-state index >= 15 is 0 Å². The lowest BCUT2D eigenvalue weighted by Gasteiger charge is -2.33. The number of ether oxygens (including phenoxy) is 2. The summed E-state index contributed by atoms with van der Waals surface area (Å²) in [6, 6.07) is 2.60. The van der Waals surface area contributed by atoms with Gasteiger partial charge in [-0.15, -0.1) is 0 Å². The molecule has 0 aliphatic carbocycles. The van der Waals surface area contributed by atoms with E-state index in [2.05, 4.69) is 5.32 Å². The number of hydrogen-bond donors (Lipinski definition) is 2. The molecule has 1 aliphatic heterocycles. The first-order valence-corrected chi connectivity index (χ1v) is 9.29. The predicted octanol–water partition coefficient (Wildman–Crippen LogP) is 3.63. The van der Waals surface area contributed by atoms with Gasteiger partial charge in [0.25, 0.3) is 0 Å². The van der Waals surface area contributed by atoms with Gasteiger partial charge < -0.3 is 24.8 Å². The number of aromatic carboxylic acids is 1. The summed E-state index contributed by atoms with van der Waals surface area (Å²) in [7, 11) is 1.33. The molecule has 1 atom stereocenters. The van der Waals surface area contributed by atoms with Gasteiger partial charge in [0.05, 0.1) is 23.7 Å². The van der Waals surface area contributed by atoms with Crippen LogP contribution in [0.3, 0.4) is 0 Å². The smallest absolute Gasteiger partial charge is 0.410 e. The van der Waals surface area contributed by atoms with Crippen LogP contribution in [0.2, 0.25) is 5.02 Å². The van der Waals surface area contributed by atoms with Crippen LogP contribution >= 0.6 is 11.6 Å². The number of carboxylic acids is 1. The molecule has 1 aromatic rings. The standard InChI is InChI=1S/C19H25ClN2O6/c1-19(2,3)28-18(26)22-7-5-6-11(10-22)16(23)21-14-9-15(27-4)12(17(24)25)8-13(14)20/h8-9,11H,5-7,10H2,1-4H3,(H,21,23)(H,24,25). The molecule has 2 amide bonds. The number of carboxylic acid groups (broad SMARTS) is 1. The maximum absolute atomic E-state index is 12.7. The molecule has 28 heavy (non-hydrogen) atoms. The molecule has 0 bridgehead atoms. The second-order valence-corrected chi connectivity index (χ2v) is 8.00. The number of likely N-dealkylation sites (tertiary alicyclic amines) is 1. The van der Waals surface area contributed by atoms with Gasteiger partial charge in [0.1, 0.15) is 16.9 Å². The molecule has 154 valence electrons. The van der Waals surface area contributed by atoms with E-state index in [1.165, 1.54) is 24.1 Å². The molecule has 2 rings (SSSR count). The highest BCUT2D eigenvalue weighted by atomic mass is 35.5. The molecule has 0 radical (unpaired) electrons. The Labute approximate surface area is 168 Å². The van der Waals surface area contributed by atoms with Crippen molar-refractivity contribution in [2.45, 2.75) is 39.2 Å². The minimum atomic E-state index is -1.18. The molecule has 1 saturated heterocycles. The Bertz CT molecular complexity index is 774. The summed E-state index contributed by atoms with van der Waals surface area (Å²) < 4.78 is 10.4. The Morgan fingerprint density at radius 2 is 1.96 bits per heavy atom. The number of piperidine rings is 1. The Hall–Kier alpha value is -2.48. The van der Waals surface area contributed by atoms with Gasteiger partial charge in [-0.05, 0) is 39.7 Å². The van der Waals surface area contributed by atoms with Gasteiger partial charge in [-0.1, -0.05) is 11.6 Å². The summed E-state index contributed by atoms with van der Waals surface area (Å²) in [5, 5.41) is 12.0. The van der Waals surface area contributed by atoms with Crippen molar-refractivity contribution >= 4 is 35.3 Å². The average Bonchev–Trinajstić information content (AvgIpc) is 2.61. The minimum absolute atomic E-state index is 0.0891. The van der Waals surface area contributed by atoms with Crippen molar-refractivity contribution in [2.75, 3.05) is 25.5 Å². The Morgan fingerprint density at radius 3 is 2.54 bits per heavy atom. The van der Waals surface area contributed by atoms with Crippen molar-refractivity contribution in [3.63, 3.8) is 0 Å². The van der Waals surface area contributed by atoms with Crippen molar-refractivity contribution in [1.29, 1.82) is 0 Å².